The second-order valence-corrected chi connectivity index (χ2v) is 6.54. The Morgan fingerprint density at radius 2 is 1.79 bits per heavy atom. The molecular formula is C16H18ClN5O7. The number of nitrogen functional groups attached to an aromatic ring is 1. The second-order valence-electron chi connectivity index (χ2n) is 6.20. The first kappa shape index (κ1) is 20.7. The molecule has 0 saturated carbocycles. The van der Waals surface area contributed by atoms with E-state index in [9.17, 15) is 14.4 Å². The smallest absolute Gasteiger partial charge is 0.303 e. The van der Waals surface area contributed by atoms with Crippen LogP contribution in [0.3, 0.4) is 0 Å². The van der Waals surface area contributed by atoms with E-state index in [1.807, 2.05) is 0 Å². The number of anilines is 1. The van der Waals surface area contributed by atoms with Crippen molar-refractivity contribution in [3.63, 3.8) is 0 Å². The fraction of sp³-hybridized carbons (Fsp3) is 0.500. The van der Waals surface area contributed by atoms with E-state index in [0.717, 1.165) is 0 Å². The Balaban J connectivity index is 2.07. The maximum Gasteiger partial charge on any atom is 0.303 e. The molecule has 0 spiro atoms. The molecular weight excluding hydrogens is 410 g/mol. The third-order valence-corrected chi connectivity index (χ3v) is 4.32. The number of carbonyl (C=O) groups excluding carboxylic acids is 3. The molecule has 3 heterocycles. The Kier molecular flexibility index (Phi) is 5.84. The standard InChI is InChI=1S/C16H18ClN5O7/c1-6(23)26-4-9-11(27-7(2)24)12(28-8(3)25)15(29-9)22-14-10(21-16(22)17)13(18)19-5-20-14/h5,9,11-12,15H,4H2,1-3H3,(H2,18,19,20)/t9-,11-,12-,15-/m1/s1. The SMILES string of the molecule is CC(=O)OC[C@H]1O[C@@H](n2c(Cl)nc3c(N)ncnc32)[C@H](OC(C)=O)[C@@H]1OC(C)=O. The Morgan fingerprint density at radius 1 is 1.14 bits per heavy atom. The number of nitrogens with zero attached hydrogens (tertiary/aromatic N) is 4. The van der Waals surface area contributed by atoms with Gasteiger partial charge in [-0.05, 0) is 11.6 Å². The third kappa shape index (κ3) is 4.22. The number of nitrogens with two attached hydrogens (primary N) is 1. The van der Waals surface area contributed by atoms with E-state index in [1.165, 1.54) is 31.7 Å². The van der Waals surface area contributed by atoms with E-state index in [4.69, 9.17) is 36.3 Å². The first-order valence-electron chi connectivity index (χ1n) is 8.46. The molecule has 0 bridgehead atoms. The monoisotopic (exact) mass is 427 g/mol. The van der Waals surface area contributed by atoms with Crippen LogP contribution in [0.1, 0.15) is 27.0 Å². The number of fused-ring (bicyclic) bond motifs is 1. The van der Waals surface area contributed by atoms with Gasteiger partial charge in [-0.3, -0.25) is 19.0 Å². The number of carbonyl (C=O) groups is 3. The minimum absolute atomic E-state index is 0.0657. The van der Waals surface area contributed by atoms with Crippen molar-refractivity contribution >= 4 is 46.5 Å². The molecule has 0 amide bonds. The van der Waals surface area contributed by atoms with Crippen molar-refractivity contribution in [2.45, 2.75) is 45.3 Å². The molecule has 0 unspecified atom stereocenters. The van der Waals surface area contributed by atoms with Gasteiger partial charge in [0.25, 0.3) is 0 Å². The number of ether oxygens (including phenoxy) is 4. The van der Waals surface area contributed by atoms with Crippen molar-refractivity contribution in [3.05, 3.63) is 11.6 Å². The summed E-state index contributed by atoms with van der Waals surface area (Å²) in [5.41, 5.74) is 6.25. The molecule has 156 valence electrons. The van der Waals surface area contributed by atoms with Crippen LogP contribution in [0.4, 0.5) is 5.82 Å². The Labute approximate surface area is 169 Å². The highest BCUT2D eigenvalue weighted by Crippen LogP contribution is 2.38. The lowest BCUT2D eigenvalue weighted by Crippen LogP contribution is -2.40. The van der Waals surface area contributed by atoms with Crippen LogP contribution in [-0.4, -0.2) is 62.3 Å². The van der Waals surface area contributed by atoms with Crippen LogP contribution in [-0.2, 0) is 33.3 Å². The quantitative estimate of drug-likeness (QED) is 0.399. The summed E-state index contributed by atoms with van der Waals surface area (Å²) in [4.78, 5) is 46.7. The maximum atomic E-state index is 11.7. The summed E-state index contributed by atoms with van der Waals surface area (Å²) in [6, 6.07) is 0. The van der Waals surface area contributed by atoms with Gasteiger partial charge in [-0.25, -0.2) is 15.0 Å². The lowest BCUT2D eigenvalue weighted by molar-refractivity contribution is -0.166. The number of aromatic nitrogens is 4. The molecule has 2 aromatic heterocycles. The lowest BCUT2D eigenvalue weighted by atomic mass is 10.1. The number of hydrogen-bond donors (Lipinski definition) is 1. The van der Waals surface area contributed by atoms with Crippen molar-refractivity contribution < 1.29 is 33.3 Å². The van der Waals surface area contributed by atoms with Crippen molar-refractivity contribution in [2.24, 2.45) is 0 Å². The van der Waals surface area contributed by atoms with Crippen LogP contribution in [0.2, 0.25) is 5.28 Å². The summed E-state index contributed by atoms with van der Waals surface area (Å²) >= 11 is 6.27. The molecule has 2 aromatic rings. The lowest BCUT2D eigenvalue weighted by Gasteiger charge is -2.24. The molecule has 1 fully saturated rings. The van der Waals surface area contributed by atoms with Crippen molar-refractivity contribution in [3.8, 4) is 0 Å². The van der Waals surface area contributed by atoms with Crippen LogP contribution < -0.4 is 5.73 Å². The van der Waals surface area contributed by atoms with Gasteiger partial charge in [0, 0.05) is 20.8 Å². The molecule has 2 N–H and O–H groups in total. The number of esters is 3. The zero-order chi connectivity index (χ0) is 21.3. The number of imidazole rings is 1. The number of rotatable bonds is 5. The van der Waals surface area contributed by atoms with E-state index in [-0.39, 0.29) is 28.9 Å². The predicted molar refractivity (Wildman–Crippen MR) is 96.4 cm³/mol. The largest absolute Gasteiger partial charge is 0.463 e. The highest BCUT2D eigenvalue weighted by molar-refractivity contribution is 6.29. The van der Waals surface area contributed by atoms with Gasteiger partial charge < -0.3 is 24.7 Å². The molecule has 3 rings (SSSR count). The molecule has 1 saturated heterocycles. The van der Waals surface area contributed by atoms with Gasteiger partial charge in [0.1, 0.15) is 19.0 Å². The molecule has 1 aliphatic heterocycles. The Bertz CT molecular complexity index is 965. The number of hydrogen-bond acceptors (Lipinski definition) is 11. The molecule has 0 aliphatic carbocycles. The molecule has 4 atom stereocenters. The van der Waals surface area contributed by atoms with Crippen molar-refractivity contribution in [2.75, 3.05) is 12.3 Å². The van der Waals surface area contributed by atoms with Gasteiger partial charge >= 0.3 is 17.9 Å². The van der Waals surface area contributed by atoms with Crippen LogP contribution in [0.25, 0.3) is 11.2 Å². The van der Waals surface area contributed by atoms with Crippen LogP contribution in [0.15, 0.2) is 6.33 Å². The average molecular weight is 428 g/mol. The predicted octanol–water partition coefficient (Wildman–Crippen LogP) is 0.386. The van der Waals surface area contributed by atoms with Gasteiger partial charge in [-0.2, -0.15) is 0 Å². The Morgan fingerprint density at radius 3 is 2.41 bits per heavy atom. The van der Waals surface area contributed by atoms with E-state index in [0.29, 0.717) is 0 Å². The molecule has 29 heavy (non-hydrogen) atoms. The molecule has 1 aliphatic rings. The van der Waals surface area contributed by atoms with Gasteiger partial charge in [-0.15, -0.1) is 0 Å². The second kappa shape index (κ2) is 8.17. The fourth-order valence-electron chi connectivity index (χ4n) is 3.03. The normalized spacial score (nSPS) is 23.7. The summed E-state index contributed by atoms with van der Waals surface area (Å²) in [5, 5.41) is -0.0657. The minimum atomic E-state index is -1.12. The minimum Gasteiger partial charge on any atom is -0.463 e. The van der Waals surface area contributed by atoms with E-state index >= 15 is 0 Å². The molecule has 0 aromatic carbocycles. The maximum absolute atomic E-state index is 11.7. The van der Waals surface area contributed by atoms with Gasteiger partial charge in [0.05, 0.1) is 0 Å². The van der Waals surface area contributed by atoms with Crippen LogP contribution >= 0.6 is 11.6 Å². The van der Waals surface area contributed by atoms with Crippen molar-refractivity contribution in [1.29, 1.82) is 0 Å². The highest BCUT2D eigenvalue weighted by Gasteiger charge is 2.51. The topological polar surface area (TPSA) is 158 Å². The van der Waals surface area contributed by atoms with E-state index in [1.54, 1.807) is 0 Å². The zero-order valence-corrected chi connectivity index (χ0v) is 16.5. The fourth-order valence-corrected chi connectivity index (χ4v) is 3.29. The van der Waals surface area contributed by atoms with E-state index < -0.39 is 42.4 Å². The summed E-state index contributed by atoms with van der Waals surface area (Å²) in [6.07, 6.45) is -3.01. The number of halogens is 1. The molecule has 13 heteroatoms. The average Bonchev–Trinajstić information content (AvgIpc) is 3.11. The zero-order valence-electron chi connectivity index (χ0n) is 15.7. The summed E-state index contributed by atoms with van der Waals surface area (Å²) in [6.45, 7) is 3.35. The summed E-state index contributed by atoms with van der Waals surface area (Å²) in [5.74, 6) is -1.76. The van der Waals surface area contributed by atoms with E-state index in [2.05, 4.69) is 15.0 Å². The summed E-state index contributed by atoms with van der Waals surface area (Å²) in [7, 11) is 0. The van der Waals surface area contributed by atoms with Gasteiger partial charge in [0.15, 0.2) is 35.4 Å². The highest BCUT2D eigenvalue weighted by atomic mass is 35.5. The summed E-state index contributed by atoms with van der Waals surface area (Å²) < 4.78 is 22.9. The third-order valence-electron chi connectivity index (χ3n) is 4.06. The van der Waals surface area contributed by atoms with Gasteiger partial charge in [0.2, 0.25) is 5.28 Å². The first-order chi connectivity index (χ1) is 13.7. The van der Waals surface area contributed by atoms with Crippen LogP contribution in [0.5, 0.6) is 0 Å². The van der Waals surface area contributed by atoms with Crippen molar-refractivity contribution in [1.82, 2.24) is 19.5 Å². The molecule has 0 radical (unpaired) electrons. The Hall–Kier alpha value is -2.99. The molecule has 12 nitrogen and oxygen atoms in total. The van der Waals surface area contributed by atoms with Gasteiger partial charge in [-0.1, -0.05) is 0 Å². The first-order valence-corrected chi connectivity index (χ1v) is 8.84. The van der Waals surface area contributed by atoms with Crippen LogP contribution in [0, 0.1) is 0 Å².